The molecular formula is C14H13BrClNOS. The molecule has 19 heavy (non-hydrogen) atoms. The van der Waals surface area contributed by atoms with Gasteiger partial charge in [-0.25, -0.2) is 0 Å². The van der Waals surface area contributed by atoms with E-state index >= 15 is 0 Å². The Labute approximate surface area is 128 Å². The predicted octanol–water partition coefficient (Wildman–Crippen LogP) is 4.30. The molecule has 0 amide bonds. The monoisotopic (exact) mass is 357 g/mol. The lowest BCUT2D eigenvalue weighted by Gasteiger charge is -2.08. The van der Waals surface area contributed by atoms with Crippen LogP contribution in [0.25, 0.3) is 0 Å². The van der Waals surface area contributed by atoms with Gasteiger partial charge in [-0.1, -0.05) is 39.7 Å². The largest absolute Gasteiger partial charge is 0.398 e. The second-order valence-electron chi connectivity index (χ2n) is 4.27. The average molecular weight is 359 g/mol. The van der Waals surface area contributed by atoms with Crippen molar-refractivity contribution in [1.29, 1.82) is 0 Å². The maximum Gasteiger partial charge on any atom is 0.0621 e. The Morgan fingerprint density at radius 1 is 1.26 bits per heavy atom. The normalized spacial score (nSPS) is 12.4. The van der Waals surface area contributed by atoms with Crippen molar-refractivity contribution >= 4 is 44.0 Å². The van der Waals surface area contributed by atoms with Crippen LogP contribution >= 0.6 is 27.5 Å². The zero-order valence-electron chi connectivity index (χ0n) is 10.3. The van der Waals surface area contributed by atoms with E-state index in [-0.39, 0.29) is 0 Å². The first-order chi connectivity index (χ1) is 8.97. The average Bonchev–Trinajstić information content (AvgIpc) is 2.32. The number of hydrogen-bond donors (Lipinski definition) is 1. The Bertz CT molecular complexity index is 645. The van der Waals surface area contributed by atoms with Crippen molar-refractivity contribution in [3.63, 3.8) is 0 Å². The first-order valence-electron chi connectivity index (χ1n) is 5.66. The van der Waals surface area contributed by atoms with E-state index in [0.29, 0.717) is 21.4 Å². The quantitative estimate of drug-likeness (QED) is 0.831. The fourth-order valence-electron chi connectivity index (χ4n) is 1.72. The Hall–Kier alpha value is -0.840. The van der Waals surface area contributed by atoms with Crippen molar-refractivity contribution in [2.24, 2.45) is 0 Å². The third kappa shape index (κ3) is 3.59. The summed E-state index contributed by atoms with van der Waals surface area (Å²) in [7, 11) is -1.20. The molecule has 2 nitrogen and oxygen atoms in total. The molecule has 2 rings (SSSR count). The third-order valence-corrected chi connectivity index (χ3v) is 4.99. The van der Waals surface area contributed by atoms with Gasteiger partial charge in [0.2, 0.25) is 0 Å². The van der Waals surface area contributed by atoms with Crippen molar-refractivity contribution in [3.8, 4) is 0 Å². The fourth-order valence-corrected chi connectivity index (χ4v) is 3.71. The topological polar surface area (TPSA) is 43.1 Å². The Morgan fingerprint density at radius 2 is 2.00 bits per heavy atom. The second-order valence-corrected chi connectivity index (χ2v) is 7.01. The molecule has 5 heteroatoms. The molecule has 2 aromatic carbocycles. The van der Waals surface area contributed by atoms with Gasteiger partial charge in [0.1, 0.15) is 0 Å². The summed E-state index contributed by atoms with van der Waals surface area (Å²) in [5.74, 6) is 0.366. The van der Waals surface area contributed by atoms with Crippen LogP contribution in [0.4, 0.5) is 5.69 Å². The van der Waals surface area contributed by atoms with Crippen molar-refractivity contribution < 1.29 is 4.21 Å². The molecule has 2 N–H and O–H groups in total. The van der Waals surface area contributed by atoms with Crippen LogP contribution in [-0.4, -0.2) is 4.21 Å². The minimum Gasteiger partial charge on any atom is -0.398 e. The number of aryl methyl sites for hydroxylation is 1. The molecule has 0 aromatic heterocycles. The summed E-state index contributed by atoms with van der Waals surface area (Å²) in [6.07, 6.45) is 0. The van der Waals surface area contributed by atoms with Crippen molar-refractivity contribution in [1.82, 2.24) is 0 Å². The molecule has 0 bridgehead atoms. The van der Waals surface area contributed by atoms with Gasteiger partial charge in [-0.15, -0.1) is 0 Å². The lowest BCUT2D eigenvalue weighted by Crippen LogP contribution is -2.01. The molecule has 0 radical (unpaired) electrons. The Balaban J connectivity index is 2.25. The number of anilines is 1. The van der Waals surface area contributed by atoms with Gasteiger partial charge in [0, 0.05) is 15.2 Å². The molecule has 0 aliphatic heterocycles. The highest BCUT2D eigenvalue weighted by Crippen LogP contribution is 2.25. The van der Waals surface area contributed by atoms with Crippen LogP contribution in [0.15, 0.2) is 45.8 Å². The van der Waals surface area contributed by atoms with E-state index in [0.717, 1.165) is 15.6 Å². The summed E-state index contributed by atoms with van der Waals surface area (Å²) in [6.45, 7) is 1.97. The number of nitrogen functional groups attached to an aromatic ring is 1. The van der Waals surface area contributed by atoms with Crippen LogP contribution in [0.2, 0.25) is 5.02 Å². The summed E-state index contributed by atoms with van der Waals surface area (Å²) in [5.41, 5.74) is 8.36. The lowest BCUT2D eigenvalue weighted by atomic mass is 10.2. The van der Waals surface area contributed by atoms with E-state index in [1.54, 1.807) is 12.1 Å². The molecule has 1 atom stereocenters. The van der Waals surface area contributed by atoms with Crippen molar-refractivity contribution in [2.75, 3.05) is 5.73 Å². The lowest BCUT2D eigenvalue weighted by molar-refractivity contribution is 0.683. The molecule has 1 unspecified atom stereocenters. The van der Waals surface area contributed by atoms with E-state index in [1.165, 1.54) is 0 Å². The number of benzene rings is 2. The smallest absolute Gasteiger partial charge is 0.0621 e. The van der Waals surface area contributed by atoms with E-state index in [1.807, 2.05) is 31.2 Å². The van der Waals surface area contributed by atoms with Crippen molar-refractivity contribution in [2.45, 2.75) is 17.6 Å². The molecule has 0 heterocycles. The molecule has 0 saturated heterocycles. The molecule has 0 fully saturated rings. The third-order valence-electron chi connectivity index (χ3n) is 2.71. The highest BCUT2D eigenvalue weighted by molar-refractivity contribution is 9.10. The van der Waals surface area contributed by atoms with Gasteiger partial charge < -0.3 is 5.73 Å². The van der Waals surface area contributed by atoms with Crippen LogP contribution < -0.4 is 5.73 Å². The Kier molecular flexibility index (Phi) is 4.66. The van der Waals surface area contributed by atoms with Gasteiger partial charge in [0.15, 0.2) is 0 Å². The number of rotatable bonds is 3. The van der Waals surface area contributed by atoms with E-state index in [4.69, 9.17) is 17.3 Å². The van der Waals surface area contributed by atoms with E-state index in [2.05, 4.69) is 15.9 Å². The fraction of sp³-hybridized carbons (Fsp3) is 0.143. The molecule has 0 saturated carbocycles. The SMILES string of the molecule is Cc1ccc(CS(=O)c2ccc(Br)cc2N)c(Cl)c1. The summed E-state index contributed by atoms with van der Waals surface area (Å²) in [6, 6.07) is 11.1. The van der Waals surface area contributed by atoms with Gasteiger partial charge in [0.05, 0.1) is 21.4 Å². The highest BCUT2D eigenvalue weighted by atomic mass is 79.9. The van der Waals surface area contributed by atoms with Crippen LogP contribution in [0.3, 0.4) is 0 Å². The zero-order valence-corrected chi connectivity index (χ0v) is 13.5. The van der Waals surface area contributed by atoms with Crippen LogP contribution in [0.5, 0.6) is 0 Å². The van der Waals surface area contributed by atoms with Gasteiger partial charge in [-0.3, -0.25) is 4.21 Å². The van der Waals surface area contributed by atoms with Crippen molar-refractivity contribution in [3.05, 3.63) is 57.0 Å². The predicted molar refractivity (Wildman–Crippen MR) is 84.9 cm³/mol. The van der Waals surface area contributed by atoms with Crippen LogP contribution in [-0.2, 0) is 16.6 Å². The summed E-state index contributed by atoms with van der Waals surface area (Å²) in [5, 5.41) is 0.643. The minimum absolute atomic E-state index is 0.366. The van der Waals surface area contributed by atoms with Crippen LogP contribution in [0.1, 0.15) is 11.1 Å². The number of halogens is 2. The Morgan fingerprint density at radius 3 is 2.63 bits per heavy atom. The molecule has 0 aliphatic rings. The summed E-state index contributed by atoms with van der Waals surface area (Å²) in [4.78, 5) is 0.639. The summed E-state index contributed by atoms with van der Waals surface area (Å²) >= 11 is 9.48. The number of nitrogens with two attached hydrogens (primary N) is 1. The molecule has 0 aliphatic carbocycles. The van der Waals surface area contributed by atoms with Crippen LogP contribution in [0, 0.1) is 6.92 Å². The maximum atomic E-state index is 12.3. The van der Waals surface area contributed by atoms with Gasteiger partial charge >= 0.3 is 0 Å². The second kappa shape index (κ2) is 6.07. The van der Waals surface area contributed by atoms with E-state index < -0.39 is 10.8 Å². The maximum absolute atomic E-state index is 12.3. The molecule has 2 aromatic rings. The number of hydrogen-bond acceptors (Lipinski definition) is 2. The van der Waals surface area contributed by atoms with Gasteiger partial charge in [-0.05, 0) is 42.3 Å². The molecule has 100 valence electrons. The molecule has 0 spiro atoms. The standard InChI is InChI=1S/C14H13BrClNOS/c1-9-2-3-10(12(16)6-9)8-19(18)14-5-4-11(15)7-13(14)17/h2-7H,8,17H2,1H3. The summed E-state index contributed by atoms with van der Waals surface area (Å²) < 4.78 is 13.2. The minimum atomic E-state index is -1.20. The van der Waals surface area contributed by atoms with Gasteiger partial charge in [-0.2, -0.15) is 0 Å². The van der Waals surface area contributed by atoms with Gasteiger partial charge in [0.25, 0.3) is 0 Å². The van der Waals surface area contributed by atoms with E-state index in [9.17, 15) is 4.21 Å². The zero-order chi connectivity index (χ0) is 14.0. The highest BCUT2D eigenvalue weighted by Gasteiger charge is 2.11. The first-order valence-corrected chi connectivity index (χ1v) is 8.15. The first kappa shape index (κ1) is 14.6. The molecular weight excluding hydrogens is 346 g/mol.